The second kappa shape index (κ2) is 9.40. The summed E-state index contributed by atoms with van der Waals surface area (Å²) < 4.78 is 34.0. The minimum atomic E-state index is -4.15. The van der Waals surface area contributed by atoms with Gasteiger partial charge in [0.1, 0.15) is 5.75 Å². The molecule has 0 fully saturated rings. The number of benzene rings is 3. The Kier molecular flexibility index (Phi) is 6.98. The van der Waals surface area contributed by atoms with Crippen molar-refractivity contribution < 1.29 is 17.9 Å². The van der Waals surface area contributed by atoms with Crippen LogP contribution in [-0.2, 0) is 20.2 Å². The van der Waals surface area contributed by atoms with E-state index in [1.807, 2.05) is 45.0 Å². The average Bonchev–Trinajstić information content (AvgIpc) is 2.75. The van der Waals surface area contributed by atoms with Crippen molar-refractivity contribution in [3.8, 4) is 5.75 Å². The Morgan fingerprint density at radius 2 is 1.52 bits per heavy atom. The van der Waals surface area contributed by atoms with Crippen LogP contribution in [0.5, 0.6) is 5.75 Å². The third-order valence-corrected chi connectivity index (χ3v) is 7.38. The van der Waals surface area contributed by atoms with Gasteiger partial charge in [-0.1, -0.05) is 68.8 Å². The summed E-state index contributed by atoms with van der Waals surface area (Å²) in [6, 6.07) is 19.3. The van der Waals surface area contributed by atoms with Gasteiger partial charge in [-0.2, -0.15) is 4.31 Å². The van der Waals surface area contributed by atoms with E-state index in [1.54, 1.807) is 30.3 Å². The molecule has 0 unspecified atom stereocenters. The van der Waals surface area contributed by atoms with E-state index in [2.05, 4.69) is 20.8 Å². The molecule has 1 amide bonds. The molecule has 0 atom stereocenters. The van der Waals surface area contributed by atoms with Gasteiger partial charge in [0.15, 0.2) is 6.61 Å². The molecule has 3 rings (SSSR count). The second-order valence-electron chi connectivity index (χ2n) is 9.23. The molecule has 0 spiro atoms. The number of hydrogen-bond acceptors (Lipinski definition) is 4. The topological polar surface area (TPSA) is 63.7 Å². The van der Waals surface area contributed by atoms with Gasteiger partial charge >= 0.3 is 0 Å². The van der Waals surface area contributed by atoms with Crippen LogP contribution in [0.15, 0.2) is 71.6 Å². The lowest BCUT2D eigenvalue weighted by Gasteiger charge is -2.26. The largest absolute Gasteiger partial charge is 0.483 e. The number of carbonyl (C=O) groups excluding carboxylic acids is 1. The SMILES string of the molecule is Cc1ccc(S(=O)(=O)N(C(=O)COc2ccccc2C(C)(C)C)c2cccc(C)c2C)cc1. The standard InChI is InChI=1S/C27H31NO4S/c1-19-14-16-22(17-15-19)33(30,31)28(24-12-9-10-20(2)21(24)3)26(29)18-32-25-13-8-7-11-23(25)27(4,5)6/h7-17H,18H2,1-6H3. The number of sulfonamides is 1. The van der Waals surface area contributed by atoms with Crippen LogP contribution in [0.1, 0.15) is 43.0 Å². The van der Waals surface area contributed by atoms with E-state index < -0.39 is 22.5 Å². The number of carbonyl (C=O) groups is 1. The molecule has 3 aromatic rings. The number of ether oxygens (including phenoxy) is 1. The number of anilines is 1. The molecule has 0 radical (unpaired) electrons. The predicted octanol–water partition coefficient (Wildman–Crippen LogP) is 5.71. The summed E-state index contributed by atoms with van der Waals surface area (Å²) in [5, 5.41) is 0. The first kappa shape index (κ1) is 24.5. The smallest absolute Gasteiger partial charge is 0.278 e. The molecular formula is C27H31NO4S. The Morgan fingerprint density at radius 3 is 2.15 bits per heavy atom. The number of rotatable bonds is 6. The van der Waals surface area contributed by atoms with Gasteiger partial charge in [-0.15, -0.1) is 0 Å². The molecule has 33 heavy (non-hydrogen) atoms. The zero-order valence-corrected chi connectivity index (χ0v) is 20.9. The van der Waals surface area contributed by atoms with Crippen LogP contribution in [0.4, 0.5) is 5.69 Å². The van der Waals surface area contributed by atoms with Crippen molar-refractivity contribution in [3.63, 3.8) is 0 Å². The van der Waals surface area contributed by atoms with Crippen molar-refractivity contribution in [3.05, 3.63) is 89.0 Å². The van der Waals surface area contributed by atoms with Crippen LogP contribution in [0.25, 0.3) is 0 Å². The van der Waals surface area contributed by atoms with Crippen LogP contribution < -0.4 is 9.04 Å². The van der Waals surface area contributed by atoms with E-state index in [9.17, 15) is 13.2 Å². The van der Waals surface area contributed by atoms with Crippen molar-refractivity contribution in [1.29, 1.82) is 0 Å². The minimum Gasteiger partial charge on any atom is -0.483 e. The lowest BCUT2D eigenvalue weighted by molar-refractivity contribution is -0.119. The average molecular weight is 466 g/mol. The van der Waals surface area contributed by atoms with Crippen molar-refractivity contribution >= 4 is 21.6 Å². The lowest BCUT2D eigenvalue weighted by atomic mass is 9.86. The highest BCUT2D eigenvalue weighted by atomic mass is 32.2. The highest BCUT2D eigenvalue weighted by Gasteiger charge is 2.33. The van der Waals surface area contributed by atoms with E-state index in [4.69, 9.17) is 4.74 Å². The van der Waals surface area contributed by atoms with Crippen molar-refractivity contribution in [2.75, 3.05) is 10.9 Å². The zero-order chi connectivity index (χ0) is 24.4. The van der Waals surface area contributed by atoms with Crippen LogP contribution in [0, 0.1) is 20.8 Å². The van der Waals surface area contributed by atoms with E-state index >= 15 is 0 Å². The van der Waals surface area contributed by atoms with Crippen LogP contribution in [0.2, 0.25) is 0 Å². The molecule has 0 heterocycles. The predicted molar refractivity (Wildman–Crippen MR) is 132 cm³/mol. The molecule has 0 bridgehead atoms. The fourth-order valence-corrected chi connectivity index (χ4v) is 5.05. The molecule has 174 valence electrons. The highest BCUT2D eigenvalue weighted by molar-refractivity contribution is 7.93. The zero-order valence-electron chi connectivity index (χ0n) is 20.0. The van der Waals surface area contributed by atoms with Gasteiger partial charge in [-0.3, -0.25) is 4.79 Å². The Morgan fingerprint density at radius 1 is 0.879 bits per heavy atom. The van der Waals surface area contributed by atoms with Gasteiger partial charge in [0.2, 0.25) is 0 Å². The van der Waals surface area contributed by atoms with E-state index in [0.717, 1.165) is 26.6 Å². The fourth-order valence-electron chi connectivity index (χ4n) is 3.58. The van der Waals surface area contributed by atoms with Crippen LogP contribution in [0.3, 0.4) is 0 Å². The molecule has 3 aromatic carbocycles. The van der Waals surface area contributed by atoms with Gasteiger partial charge in [0.05, 0.1) is 10.6 Å². The minimum absolute atomic E-state index is 0.0532. The van der Waals surface area contributed by atoms with Crippen molar-refractivity contribution in [2.24, 2.45) is 0 Å². The summed E-state index contributed by atoms with van der Waals surface area (Å²) in [4.78, 5) is 13.5. The van der Waals surface area contributed by atoms with Gasteiger partial charge in [0, 0.05) is 0 Å². The van der Waals surface area contributed by atoms with E-state index in [1.165, 1.54) is 12.1 Å². The summed E-state index contributed by atoms with van der Waals surface area (Å²) in [6.07, 6.45) is 0. The first-order valence-corrected chi connectivity index (χ1v) is 12.3. The number of nitrogens with zero attached hydrogens (tertiary/aromatic N) is 1. The Labute approximate surface area is 197 Å². The van der Waals surface area contributed by atoms with Crippen molar-refractivity contribution in [1.82, 2.24) is 0 Å². The molecule has 0 aliphatic rings. The lowest BCUT2D eigenvalue weighted by Crippen LogP contribution is -2.40. The first-order valence-electron chi connectivity index (χ1n) is 10.9. The Balaban J connectivity index is 2.03. The molecule has 0 saturated heterocycles. The molecule has 6 heteroatoms. The summed E-state index contributed by atoms with van der Waals surface area (Å²) in [7, 11) is -4.15. The molecule has 0 saturated carbocycles. The van der Waals surface area contributed by atoms with E-state index in [0.29, 0.717) is 11.4 Å². The van der Waals surface area contributed by atoms with Gasteiger partial charge in [-0.05, 0) is 67.1 Å². The maximum Gasteiger partial charge on any atom is 0.278 e. The molecule has 0 aromatic heterocycles. The second-order valence-corrected chi connectivity index (χ2v) is 11.0. The van der Waals surface area contributed by atoms with Crippen LogP contribution >= 0.6 is 0 Å². The first-order chi connectivity index (χ1) is 15.4. The molecular weight excluding hydrogens is 434 g/mol. The van der Waals surface area contributed by atoms with Crippen LogP contribution in [-0.4, -0.2) is 20.9 Å². The Bertz CT molecular complexity index is 1260. The Hall–Kier alpha value is -3.12. The summed E-state index contributed by atoms with van der Waals surface area (Å²) in [5.41, 5.74) is 3.62. The number of hydrogen-bond donors (Lipinski definition) is 0. The quantitative estimate of drug-likeness (QED) is 0.468. The van der Waals surface area contributed by atoms with Gasteiger partial charge in [0.25, 0.3) is 15.9 Å². The third-order valence-electron chi connectivity index (χ3n) is 5.63. The maximum atomic E-state index is 13.6. The molecule has 0 aliphatic heterocycles. The molecule has 0 N–H and O–H groups in total. The van der Waals surface area contributed by atoms with Gasteiger partial charge < -0.3 is 4.74 Å². The summed E-state index contributed by atoms with van der Waals surface area (Å²) in [6.45, 7) is 11.3. The number of para-hydroxylation sites is 1. The van der Waals surface area contributed by atoms with Crippen molar-refractivity contribution in [2.45, 2.75) is 51.9 Å². The summed E-state index contributed by atoms with van der Waals surface area (Å²) in [5.74, 6) is -0.0972. The maximum absolute atomic E-state index is 13.6. The molecule has 5 nitrogen and oxygen atoms in total. The monoisotopic (exact) mass is 465 g/mol. The third kappa shape index (κ3) is 5.28. The number of amides is 1. The molecule has 0 aliphatic carbocycles. The number of aryl methyl sites for hydroxylation is 2. The normalized spacial score (nSPS) is 11.8. The van der Waals surface area contributed by atoms with E-state index in [-0.39, 0.29) is 10.3 Å². The van der Waals surface area contributed by atoms with Gasteiger partial charge in [-0.25, -0.2) is 8.42 Å². The fraction of sp³-hybridized carbons (Fsp3) is 0.296. The summed E-state index contributed by atoms with van der Waals surface area (Å²) >= 11 is 0. The highest BCUT2D eigenvalue weighted by Crippen LogP contribution is 2.32.